The van der Waals surface area contributed by atoms with Crippen molar-refractivity contribution < 1.29 is 9.53 Å². The number of carbonyl (C=O) groups excluding carboxylic acids is 1. The minimum Gasteiger partial charge on any atom is -0.465 e. The summed E-state index contributed by atoms with van der Waals surface area (Å²) in [6.45, 7) is 4.22. The van der Waals surface area contributed by atoms with Gasteiger partial charge in [-0.15, -0.1) is 10.2 Å². The zero-order valence-electron chi connectivity index (χ0n) is 11.1. The van der Waals surface area contributed by atoms with E-state index in [0.29, 0.717) is 19.1 Å². The molecule has 0 aliphatic heterocycles. The van der Waals surface area contributed by atoms with E-state index in [9.17, 15) is 4.79 Å². The molecule has 5 heteroatoms. The van der Waals surface area contributed by atoms with Crippen LogP contribution in [0.3, 0.4) is 0 Å². The molecule has 1 heterocycles. The second kappa shape index (κ2) is 5.98. The fraction of sp³-hybridized carbons (Fsp3) is 0.769. The number of aromatic nitrogens is 3. The largest absolute Gasteiger partial charge is 0.465 e. The van der Waals surface area contributed by atoms with Crippen LogP contribution in [0.4, 0.5) is 0 Å². The SMILES string of the molecule is CCOC(=O)C(CC)c1nncn1C1CCCC1. The van der Waals surface area contributed by atoms with E-state index in [1.165, 1.54) is 12.8 Å². The Hall–Kier alpha value is -1.39. The Morgan fingerprint density at radius 3 is 2.83 bits per heavy atom. The third-order valence-corrected chi connectivity index (χ3v) is 3.61. The van der Waals surface area contributed by atoms with E-state index < -0.39 is 0 Å². The summed E-state index contributed by atoms with van der Waals surface area (Å²) in [5.41, 5.74) is 0. The minimum atomic E-state index is -0.284. The van der Waals surface area contributed by atoms with Gasteiger partial charge in [0.05, 0.1) is 6.61 Å². The molecule has 1 fully saturated rings. The van der Waals surface area contributed by atoms with Gasteiger partial charge in [-0.25, -0.2) is 0 Å². The van der Waals surface area contributed by atoms with Gasteiger partial charge >= 0.3 is 5.97 Å². The Morgan fingerprint density at radius 2 is 2.22 bits per heavy atom. The summed E-state index contributed by atoms with van der Waals surface area (Å²) in [6, 6.07) is 0.457. The van der Waals surface area contributed by atoms with Crippen molar-refractivity contribution in [3.05, 3.63) is 12.2 Å². The standard InChI is InChI=1S/C13H21N3O2/c1-3-11(13(17)18-4-2)12-15-14-9-16(12)10-7-5-6-8-10/h9-11H,3-8H2,1-2H3. The lowest BCUT2D eigenvalue weighted by atomic mass is 10.1. The van der Waals surface area contributed by atoms with Gasteiger partial charge in [-0.1, -0.05) is 19.8 Å². The molecule has 1 aromatic heterocycles. The molecule has 0 aromatic carbocycles. The van der Waals surface area contributed by atoms with Crippen molar-refractivity contribution in [3.8, 4) is 0 Å². The van der Waals surface area contributed by atoms with Gasteiger partial charge in [0.15, 0.2) is 0 Å². The molecule has 5 nitrogen and oxygen atoms in total. The Labute approximate surface area is 108 Å². The lowest BCUT2D eigenvalue weighted by Gasteiger charge is -2.18. The summed E-state index contributed by atoms with van der Waals surface area (Å²) in [4.78, 5) is 11.9. The number of nitrogens with zero attached hydrogens (tertiary/aromatic N) is 3. The quantitative estimate of drug-likeness (QED) is 0.754. The van der Waals surface area contributed by atoms with E-state index in [2.05, 4.69) is 14.8 Å². The van der Waals surface area contributed by atoms with Crippen LogP contribution in [0.5, 0.6) is 0 Å². The van der Waals surface area contributed by atoms with Gasteiger partial charge in [0.25, 0.3) is 0 Å². The topological polar surface area (TPSA) is 57.0 Å². The van der Waals surface area contributed by atoms with Gasteiger partial charge in [-0.2, -0.15) is 0 Å². The van der Waals surface area contributed by atoms with Crippen LogP contribution in [0.15, 0.2) is 6.33 Å². The van der Waals surface area contributed by atoms with E-state index in [0.717, 1.165) is 18.7 Å². The highest BCUT2D eigenvalue weighted by Gasteiger charge is 2.28. The van der Waals surface area contributed by atoms with Crippen LogP contribution in [-0.2, 0) is 9.53 Å². The van der Waals surface area contributed by atoms with Crippen molar-refractivity contribution in [1.82, 2.24) is 14.8 Å². The second-order valence-electron chi connectivity index (χ2n) is 4.75. The van der Waals surface area contributed by atoms with E-state index in [1.807, 2.05) is 13.8 Å². The Bertz CT molecular complexity index is 397. The first-order valence-corrected chi connectivity index (χ1v) is 6.84. The maximum atomic E-state index is 11.9. The van der Waals surface area contributed by atoms with Crippen LogP contribution < -0.4 is 0 Å². The average molecular weight is 251 g/mol. The fourth-order valence-corrected chi connectivity index (χ4v) is 2.66. The zero-order chi connectivity index (χ0) is 13.0. The monoisotopic (exact) mass is 251 g/mol. The third-order valence-electron chi connectivity index (χ3n) is 3.61. The van der Waals surface area contributed by atoms with E-state index in [4.69, 9.17) is 4.74 Å². The molecule has 1 atom stereocenters. The van der Waals surface area contributed by atoms with E-state index >= 15 is 0 Å². The highest BCUT2D eigenvalue weighted by molar-refractivity contribution is 5.77. The van der Waals surface area contributed by atoms with Crippen LogP contribution in [0.1, 0.15) is 63.7 Å². The summed E-state index contributed by atoms with van der Waals surface area (Å²) >= 11 is 0. The lowest BCUT2D eigenvalue weighted by Crippen LogP contribution is -2.21. The maximum Gasteiger partial charge on any atom is 0.316 e. The maximum absolute atomic E-state index is 11.9. The second-order valence-corrected chi connectivity index (χ2v) is 4.75. The molecular formula is C13H21N3O2. The molecule has 1 aliphatic rings. The summed E-state index contributed by atoms with van der Waals surface area (Å²) in [5.74, 6) is 0.295. The molecule has 1 aliphatic carbocycles. The molecule has 0 radical (unpaired) electrons. The summed E-state index contributed by atoms with van der Waals surface area (Å²) in [6.07, 6.45) is 7.27. The predicted molar refractivity (Wildman–Crippen MR) is 67.2 cm³/mol. The number of hydrogen-bond acceptors (Lipinski definition) is 4. The first kappa shape index (κ1) is 13.1. The van der Waals surface area contributed by atoms with Crippen LogP contribution >= 0.6 is 0 Å². The van der Waals surface area contributed by atoms with Crippen molar-refractivity contribution >= 4 is 5.97 Å². The number of carbonyl (C=O) groups is 1. The molecule has 0 spiro atoms. The highest BCUT2D eigenvalue weighted by atomic mass is 16.5. The normalized spacial score (nSPS) is 17.9. The predicted octanol–water partition coefficient (Wildman–Crippen LogP) is 2.45. The summed E-state index contributed by atoms with van der Waals surface area (Å²) in [7, 11) is 0. The van der Waals surface area contributed by atoms with E-state index in [1.54, 1.807) is 6.33 Å². The Morgan fingerprint density at radius 1 is 1.50 bits per heavy atom. The van der Waals surface area contributed by atoms with Crippen LogP contribution in [0.2, 0.25) is 0 Å². The van der Waals surface area contributed by atoms with Crippen molar-refractivity contribution in [2.45, 2.75) is 57.9 Å². The fourth-order valence-electron chi connectivity index (χ4n) is 2.66. The summed E-state index contributed by atoms with van der Waals surface area (Å²) < 4.78 is 7.20. The Balaban J connectivity index is 2.20. The molecule has 0 bridgehead atoms. The molecule has 18 heavy (non-hydrogen) atoms. The van der Waals surface area contributed by atoms with Crippen LogP contribution in [-0.4, -0.2) is 27.3 Å². The van der Waals surface area contributed by atoms with Gasteiger partial charge in [-0.05, 0) is 26.2 Å². The van der Waals surface area contributed by atoms with Crippen molar-refractivity contribution in [2.75, 3.05) is 6.61 Å². The van der Waals surface area contributed by atoms with Gasteiger partial charge in [0.1, 0.15) is 18.1 Å². The molecular weight excluding hydrogens is 230 g/mol. The minimum absolute atomic E-state index is 0.188. The molecule has 0 saturated heterocycles. The first-order chi connectivity index (χ1) is 8.77. The molecule has 1 saturated carbocycles. The van der Waals surface area contributed by atoms with Gasteiger partial charge in [0, 0.05) is 6.04 Å². The van der Waals surface area contributed by atoms with Gasteiger partial charge in [0.2, 0.25) is 0 Å². The lowest BCUT2D eigenvalue weighted by molar-refractivity contribution is -0.145. The number of esters is 1. The van der Waals surface area contributed by atoms with Crippen LogP contribution in [0.25, 0.3) is 0 Å². The van der Waals surface area contributed by atoms with Crippen molar-refractivity contribution in [3.63, 3.8) is 0 Å². The Kier molecular flexibility index (Phi) is 4.33. The number of ether oxygens (including phenoxy) is 1. The van der Waals surface area contributed by atoms with Gasteiger partial charge < -0.3 is 9.30 Å². The first-order valence-electron chi connectivity index (χ1n) is 6.84. The van der Waals surface area contributed by atoms with Crippen LogP contribution in [0, 0.1) is 0 Å². The molecule has 1 unspecified atom stereocenters. The molecule has 0 amide bonds. The van der Waals surface area contributed by atoms with Crippen molar-refractivity contribution in [1.29, 1.82) is 0 Å². The summed E-state index contributed by atoms with van der Waals surface area (Å²) in [5, 5.41) is 8.13. The molecule has 2 rings (SSSR count). The van der Waals surface area contributed by atoms with Gasteiger partial charge in [-0.3, -0.25) is 4.79 Å². The highest BCUT2D eigenvalue weighted by Crippen LogP contribution is 2.32. The van der Waals surface area contributed by atoms with Crippen molar-refractivity contribution in [2.24, 2.45) is 0 Å². The molecule has 1 aromatic rings. The van der Waals surface area contributed by atoms with E-state index in [-0.39, 0.29) is 11.9 Å². The molecule has 0 N–H and O–H groups in total. The molecule has 100 valence electrons. The number of hydrogen-bond donors (Lipinski definition) is 0. The zero-order valence-corrected chi connectivity index (χ0v) is 11.1. The smallest absolute Gasteiger partial charge is 0.316 e. The average Bonchev–Trinajstić information content (AvgIpc) is 2.99. The number of rotatable bonds is 5. The third kappa shape index (κ3) is 2.54.